The molecule has 0 aliphatic carbocycles. The van der Waals surface area contributed by atoms with E-state index < -0.39 is 0 Å². The molecule has 0 unspecified atom stereocenters. The minimum absolute atomic E-state index is 0.839. The molecular formula is C27H23N4+. The second-order valence-corrected chi connectivity index (χ2v) is 7.94. The number of para-hydroxylation sites is 1. The summed E-state index contributed by atoms with van der Waals surface area (Å²) >= 11 is 0. The molecule has 0 aliphatic heterocycles. The number of hydrogen-bond acceptors (Lipinski definition) is 3. The van der Waals surface area contributed by atoms with Gasteiger partial charge in [-0.3, -0.25) is 0 Å². The van der Waals surface area contributed by atoms with Gasteiger partial charge in [0.15, 0.2) is 0 Å². The van der Waals surface area contributed by atoms with E-state index in [1.54, 1.807) is 0 Å². The Morgan fingerprint density at radius 1 is 0.645 bits per heavy atom. The first-order chi connectivity index (χ1) is 15.1. The van der Waals surface area contributed by atoms with Gasteiger partial charge in [-0.05, 0) is 56.2 Å². The summed E-state index contributed by atoms with van der Waals surface area (Å²) in [5.41, 5.74) is 10.2. The van der Waals surface area contributed by atoms with Gasteiger partial charge in [0.2, 0.25) is 16.7 Å². The molecule has 150 valence electrons. The van der Waals surface area contributed by atoms with Crippen molar-refractivity contribution in [3.63, 3.8) is 0 Å². The van der Waals surface area contributed by atoms with E-state index in [1.165, 1.54) is 11.1 Å². The molecule has 1 aromatic heterocycles. The van der Waals surface area contributed by atoms with Gasteiger partial charge in [-0.25, -0.2) is 4.98 Å². The van der Waals surface area contributed by atoms with E-state index in [4.69, 9.17) is 4.98 Å². The smallest absolute Gasteiger partial charge is 0.235 e. The summed E-state index contributed by atoms with van der Waals surface area (Å²) in [6.45, 7) is 6.22. The van der Waals surface area contributed by atoms with Gasteiger partial charge in [-0.1, -0.05) is 42.0 Å². The fourth-order valence-electron chi connectivity index (χ4n) is 3.79. The van der Waals surface area contributed by atoms with Crippen molar-refractivity contribution in [1.29, 1.82) is 0 Å². The highest BCUT2D eigenvalue weighted by Gasteiger charge is 2.20. The van der Waals surface area contributed by atoms with Crippen LogP contribution in [0.4, 0.5) is 11.4 Å². The molecule has 4 aromatic carbocycles. The molecule has 0 bridgehead atoms. The molecule has 0 fully saturated rings. The highest BCUT2D eigenvalue weighted by Crippen LogP contribution is 2.28. The van der Waals surface area contributed by atoms with Crippen molar-refractivity contribution in [3.05, 3.63) is 102 Å². The molecule has 31 heavy (non-hydrogen) atoms. The summed E-state index contributed by atoms with van der Waals surface area (Å²) in [5, 5.41) is 9.03. The summed E-state index contributed by atoms with van der Waals surface area (Å²) in [6, 6.07) is 29.0. The zero-order valence-corrected chi connectivity index (χ0v) is 17.9. The van der Waals surface area contributed by atoms with Crippen LogP contribution in [0.2, 0.25) is 0 Å². The molecule has 4 nitrogen and oxygen atoms in total. The van der Waals surface area contributed by atoms with E-state index in [9.17, 15) is 0 Å². The Bertz CT molecular complexity index is 1440. The third-order valence-electron chi connectivity index (χ3n) is 5.47. The predicted molar refractivity (Wildman–Crippen MR) is 126 cm³/mol. The molecule has 5 aromatic rings. The fourth-order valence-corrected chi connectivity index (χ4v) is 3.79. The summed E-state index contributed by atoms with van der Waals surface area (Å²) < 4.78 is 2.26. The van der Waals surface area contributed by atoms with Gasteiger partial charge < -0.3 is 0 Å². The van der Waals surface area contributed by atoms with Crippen molar-refractivity contribution in [2.24, 2.45) is 10.2 Å². The highest BCUT2D eigenvalue weighted by atomic mass is 15.1. The van der Waals surface area contributed by atoms with Crippen LogP contribution in [-0.4, -0.2) is 4.98 Å². The molecule has 5 rings (SSSR count). The number of fused-ring (bicyclic) bond motifs is 2. The molecule has 4 heteroatoms. The van der Waals surface area contributed by atoms with Gasteiger partial charge in [0, 0.05) is 24.3 Å². The molecule has 0 N–H and O–H groups in total. The van der Waals surface area contributed by atoms with Gasteiger partial charge in [-0.2, -0.15) is 10.2 Å². The summed E-state index contributed by atoms with van der Waals surface area (Å²) in [6.07, 6.45) is 0. The zero-order valence-electron chi connectivity index (χ0n) is 17.9. The predicted octanol–water partition coefficient (Wildman–Crippen LogP) is 7.01. The Morgan fingerprint density at radius 2 is 1.35 bits per heavy atom. The number of azo groups is 1. The third-order valence-corrected chi connectivity index (χ3v) is 5.47. The van der Waals surface area contributed by atoms with Crippen LogP contribution < -0.4 is 4.57 Å². The first kappa shape index (κ1) is 19.1. The lowest BCUT2D eigenvalue weighted by molar-refractivity contribution is -0.538. The molecule has 0 aliphatic rings. The van der Waals surface area contributed by atoms with Crippen LogP contribution in [0.15, 0.2) is 95.2 Å². The third kappa shape index (κ3) is 3.68. The van der Waals surface area contributed by atoms with E-state index >= 15 is 0 Å². The average Bonchev–Trinajstić information content (AvgIpc) is 2.78. The second kappa shape index (κ2) is 7.73. The van der Waals surface area contributed by atoms with Crippen molar-refractivity contribution in [3.8, 4) is 5.69 Å². The van der Waals surface area contributed by atoms with Crippen molar-refractivity contribution >= 4 is 33.4 Å². The van der Waals surface area contributed by atoms with E-state index in [0.29, 0.717) is 0 Å². The minimum Gasteiger partial charge on any atom is -0.235 e. The lowest BCUT2D eigenvalue weighted by Crippen LogP contribution is -2.33. The zero-order chi connectivity index (χ0) is 21.4. The van der Waals surface area contributed by atoms with E-state index in [-0.39, 0.29) is 0 Å². The maximum atomic E-state index is 4.94. The molecule has 0 amide bonds. The monoisotopic (exact) mass is 403 g/mol. The van der Waals surface area contributed by atoms with Crippen molar-refractivity contribution in [2.45, 2.75) is 20.8 Å². The Hall–Kier alpha value is -3.92. The molecule has 0 spiro atoms. The van der Waals surface area contributed by atoms with Crippen LogP contribution >= 0.6 is 0 Å². The second-order valence-electron chi connectivity index (χ2n) is 7.94. The van der Waals surface area contributed by atoms with Gasteiger partial charge in [0.1, 0.15) is 11.0 Å². The van der Waals surface area contributed by atoms with Crippen LogP contribution in [0.1, 0.15) is 16.7 Å². The SMILES string of the molecule is Cc1ccc(N=Nc2cc3c(cc2C)nc2ccc(C)cc2[n+]3-c2ccccc2)cc1. The van der Waals surface area contributed by atoms with Gasteiger partial charge >= 0.3 is 0 Å². The number of rotatable bonds is 3. The molecule has 0 saturated carbocycles. The lowest BCUT2D eigenvalue weighted by Gasteiger charge is -2.07. The van der Waals surface area contributed by atoms with E-state index in [1.807, 2.05) is 30.3 Å². The Morgan fingerprint density at radius 3 is 2.13 bits per heavy atom. The molecule has 0 radical (unpaired) electrons. The van der Waals surface area contributed by atoms with E-state index in [2.05, 4.69) is 90.2 Å². The Labute approximate surface area is 181 Å². The van der Waals surface area contributed by atoms with Crippen LogP contribution in [0.25, 0.3) is 27.8 Å². The molecule has 0 saturated heterocycles. The quantitative estimate of drug-likeness (QED) is 0.181. The Balaban J connectivity index is 1.76. The largest absolute Gasteiger partial charge is 0.239 e. The standard InChI is InChI=1S/C27H23N4/c1-18-9-12-21(13-10-18)29-30-24-17-27-25(16-20(24)3)28-23-14-11-19(2)15-26(23)31(27)22-7-5-4-6-8-22/h4-17H,1-3H3/q+1. The number of nitrogens with zero attached hydrogens (tertiary/aromatic N) is 4. The maximum absolute atomic E-state index is 4.94. The Kier molecular flexibility index (Phi) is 4.75. The van der Waals surface area contributed by atoms with Crippen LogP contribution in [0.5, 0.6) is 0 Å². The number of benzene rings is 4. The van der Waals surface area contributed by atoms with E-state index in [0.717, 1.165) is 44.7 Å². The summed E-state index contributed by atoms with van der Waals surface area (Å²) in [7, 11) is 0. The molecule has 0 atom stereocenters. The number of aryl methyl sites for hydroxylation is 3. The molecule has 1 heterocycles. The first-order valence-corrected chi connectivity index (χ1v) is 10.4. The number of aromatic nitrogens is 2. The number of hydrogen-bond donors (Lipinski definition) is 0. The summed E-state index contributed by atoms with van der Waals surface area (Å²) in [4.78, 5) is 4.94. The normalized spacial score (nSPS) is 11.6. The lowest BCUT2D eigenvalue weighted by atomic mass is 10.1. The highest BCUT2D eigenvalue weighted by molar-refractivity contribution is 5.85. The van der Waals surface area contributed by atoms with Crippen molar-refractivity contribution < 1.29 is 4.57 Å². The van der Waals surface area contributed by atoms with Gasteiger partial charge in [-0.15, -0.1) is 4.57 Å². The fraction of sp³-hybridized carbons (Fsp3) is 0.111. The maximum Gasteiger partial charge on any atom is 0.239 e. The van der Waals surface area contributed by atoms with Crippen LogP contribution in [0, 0.1) is 20.8 Å². The van der Waals surface area contributed by atoms with Gasteiger partial charge in [0.05, 0.1) is 11.4 Å². The summed E-state index contributed by atoms with van der Waals surface area (Å²) in [5.74, 6) is 0. The van der Waals surface area contributed by atoms with Crippen molar-refractivity contribution in [1.82, 2.24) is 4.98 Å². The van der Waals surface area contributed by atoms with Crippen LogP contribution in [0.3, 0.4) is 0 Å². The topological polar surface area (TPSA) is 41.5 Å². The average molecular weight is 404 g/mol. The molecular weight excluding hydrogens is 380 g/mol. The first-order valence-electron chi connectivity index (χ1n) is 10.4. The van der Waals surface area contributed by atoms with Crippen LogP contribution in [-0.2, 0) is 0 Å². The van der Waals surface area contributed by atoms with Gasteiger partial charge in [0.25, 0.3) is 0 Å². The van der Waals surface area contributed by atoms with Crippen molar-refractivity contribution in [2.75, 3.05) is 0 Å². The minimum atomic E-state index is 0.839.